The molecule has 0 aliphatic carbocycles. The number of fused-ring (bicyclic) bond motifs is 1. The third-order valence-electron chi connectivity index (χ3n) is 4.06. The summed E-state index contributed by atoms with van der Waals surface area (Å²) in [6.45, 7) is 2.00. The highest BCUT2D eigenvalue weighted by Crippen LogP contribution is 2.20. The minimum atomic E-state index is -0.289. The van der Waals surface area contributed by atoms with Crippen molar-refractivity contribution in [3.05, 3.63) is 82.2 Å². The predicted molar refractivity (Wildman–Crippen MR) is 100 cm³/mol. The van der Waals surface area contributed by atoms with E-state index in [0.29, 0.717) is 22.6 Å². The van der Waals surface area contributed by atoms with Gasteiger partial charge in [-0.25, -0.2) is 4.98 Å². The number of aromatic amines is 1. The lowest BCUT2D eigenvalue weighted by Crippen LogP contribution is -2.24. The lowest BCUT2D eigenvalue weighted by molar-refractivity contribution is 0.0950. The molecule has 1 amide bonds. The highest BCUT2D eigenvalue weighted by molar-refractivity contribution is 5.97. The van der Waals surface area contributed by atoms with Gasteiger partial charge in [0.25, 0.3) is 11.5 Å². The number of benzene rings is 1. The molecule has 0 saturated heterocycles. The van der Waals surface area contributed by atoms with Crippen molar-refractivity contribution in [3.8, 4) is 11.4 Å². The number of nitrogens with one attached hydrogen (secondary N) is 2. The summed E-state index contributed by atoms with van der Waals surface area (Å²) in [5.74, 6) is 0.953. The van der Waals surface area contributed by atoms with Crippen LogP contribution in [-0.2, 0) is 6.54 Å². The average molecular weight is 360 g/mol. The summed E-state index contributed by atoms with van der Waals surface area (Å²) in [6, 6.07) is 12.0. The fourth-order valence-electron chi connectivity index (χ4n) is 2.83. The van der Waals surface area contributed by atoms with E-state index in [1.54, 1.807) is 42.7 Å². The Balaban J connectivity index is 1.53. The Hall–Kier alpha value is -3.74. The molecule has 3 heterocycles. The molecule has 0 unspecified atom stereocenters. The van der Waals surface area contributed by atoms with Gasteiger partial charge in [-0.1, -0.05) is 0 Å². The maximum absolute atomic E-state index is 12.4. The monoisotopic (exact) mass is 360 g/mol. The fraction of sp³-hybridized carbons (Fsp3) is 0.100. The smallest absolute Gasteiger partial charge is 0.251 e. The molecule has 7 heteroatoms. The molecule has 0 aliphatic rings. The van der Waals surface area contributed by atoms with E-state index in [1.807, 2.05) is 13.0 Å². The molecule has 4 aromatic rings. The number of H-pyrrole nitrogens is 1. The van der Waals surface area contributed by atoms with Crippen molar-refractivity contribution >= 4 is 16.9 Å². The van der Waals surface area contributed by atoms with Gasteiger partial charge < -0.3 is 14.7 Å². The third kappa shape index (κ3) is 3.62. The summed E-state index contributed by atoms with van der Waals surface area (Å²) < 4.78 is 5.52. The predicted octanol–water partition coefficient (Wildman–Crippen LogP) is 2.82. The van der Waals surface area contributed by atoms with E-state index in [9.17, 15) is 9.59 Å². The summed E-state index contributed by atoms with van der Waals surface area (Å²) >= 11 is 0. The number of aryl methyl sites for hydroxylation is 1. The largest absolute Gasteiger partial charge is 0.461 e. The molecular formula is C20H16N4O3. The zero-order chi connectivity index (χ0) is 18.8. The van der Waals surface area contributed by atoms with E-state index in [-0.39, 0.29) is 18.0 Å². The first-order valence-corrected chi connectivity index (χ1v) is 8.37. The second kappa shape index (κ2) is 6.87. The van der Waals surface area contributed by atoms with Crippen molar-refractivity contribution < 1.29 is 9.21 Å². The van der Waals surface area contributed by atoms with Gasteiger partial charge >= 0.3 is 0 Å². The minimum Gasteiger partial charge on any atom is -0.461 e. The standard InChI is InChI=1S/C20H16N4O3/c1-12-7-15-8-13(4-5-17(15)27-12)20(26)22-11-16-9-18(25)24-19(23-16)14-3-2-6-21-10-14/h2-10H,11H2,1H3,(H,22,26)(H,23,24,25). The first kappa shape index (κ1) is 16.7. The Morgan fingerprint density at radius 2 is 2.11 bits per heavy atom. The normalized spacial score (nSPS) is 10.9. The molecule has 0 atom stereocenters. The first-order valence-electron chi connectivity index (χ1n) is 8.37. The van der Waals surface area contributed by atoms with Gasteiger partial charge in [-0.3, -0.25) is 14.6 Å². The molecule has 1 aromatic carbocycles. The van der Waals surface area contributed by atoms with Crippen LogP contribution in [0.3, 0.4) is 0 Å². The van der Waals surface area contributed by atoms with Crippen LogP contribution >= 0.6 is 0 Å². The van der Waals surface area contributed by atoms with Crippen LogP contribution in [0.1, 0.15) is 21.8 Å². The SMILES string of the molecule is Cc1cc2cc(C(=O)NCc3cc(=O)[nH]c(-c4cccnc4)n3)ccc2o1. The molecule has 0 spiro atoms. The molecule has 134 valence electrons. The van der Waals surface area contributed by atoms with Gasteiger partial charge in [0.2, 0.25) is 0 Å². The molecule has 0 radical (unpaired) electrons. The Morgan fingerprint density at radius 1 is 1.22 bits per heavy atom. The van der Waals surface area contributed by atoms with Gasteiger partial charge in [-0.05, 0) is 43.3 Å². The molecule has 0 aliphatic heterocycles. The van der Waals surface area contributed by atoms with Gasteiger partial charge in [0.15, 0.2) is 0 Å². The van der Waals surface area contributed by atoms with E-state index in [1.165, 1.54) is 6.07 Å². The molecule has 0 saturated carbocycles. The van der Waals surface area contributed by atoms with E-state index >= 15 is 0 Å². The number of furan rings is 1. The number of hydrogen-bond donors (Lipinski definition) is 2. The molecule has 7 nitrogen and oxygen atoms in total. The number of nitrogens with zero attached hydrogens (tertiary/aromatic N) is 2. The Kier molecular flexibility index (Phi) is 4.25. The number of amides is 1. The third-order valence-corrected chi connectivity index (χ3v) is 4.06. The number of rotatable bonds is 4. The van der Waals surface area contributed by atoms with Crippen LogP contribution in [-0.4, -0.2) is 20.9 Å². The molecule has 4 rings (SSSR count). The van der Waals surface area contributed by atoms with Crippen molar-refractivity contribution in [1.82, 2.24) is 20.3 Å². The van der Waals surface area contributed by atoms with Gasteiger partial charge in [0.1, 0.15) is 17.2 Å². The van der Waals surface area contributed by atoms with Crippen LogP contribution in [0.4, 0.5) is 0 Å². The zero-order valence-electron chi connectivity index (χ0n) is 14.5. The number of carbonyl (C=O) groups excluding carboxylic acids is 1. The van der Waals surface area contributed by atoms with E-state index in [0.717, 1.165) is 16.7 Å². The summed E-state index contributed by atoms with van der Waals surface area (Å²) in [5, 5.41) is 3.66. The molecule has 27 heavy (non-hydrogen) atoms. The Morgan fingerprint density at radius 3 is 2.93 bits per heavy atom. The van der Waals surface area contributed by atoms with Crippen molar-refractivity contribution in [1.29, 1.82) is 0 Å². The van der Waals surface area contributed by atoms with E-state index < -0.39 is 0 Å². The highest BCUT2D eigenvalue weighted by atomic mass is 16.3. The molecule has 0 bridgehead atoms. The topological polar surface area (TPSA) is 101 Å². The van der Waals surface area contributed by atoms with E-state index in [4.69, 9.17) is 4.42 Å². The Labute approximate surface area is 154 Å². The number of aromatic nitrogens is 3. The lowest BCUT2D eigenvalue weighted by Gasteiger charge is -2.07. The maximum atomic E-state index is 12.4. The van der Waals surface area contributed by atoms with Gasteiger partial charge in [-0.15, -0.1) is 0 Å². The summed E-state index contributed by atoms with van der Waals surface area (Å²) in [7, 11) is 0. The summed E-state index contributed by atoms with van der Waals surface area (Å²) in [6.07, 6.45) is 3.26. The molecule has 2 N–H and O–H groups in total. The van der Waals surface area contributed by atoms with Crippen LogP contribution in [0, 0.1) is 6.92 Å². The van der Waals surface area contributed by atoms with E-state index in [2.05, 4.69) is 20.3 Å². The van der Waals surface area contributed by atoms with Crippen LogP contribution in [0.2, 0.25) is 0 Å². The van der Waals surface area contributed by atoms with Gasteiger partial charge in [0.05, 0.1) is 12.2 Å². The number of carbonyl (C=O) groups is 1. The van der Waals surface area contributed by atoms with Crippen LogP contribution in [0.25, 0.3) is 22.4 Å². The zero-order valence-corrected chi connectivity index (χ0v) is 14.5. The van der Waals surface area contributed by atoms with Crippen molar-refractivity contribution in [2.24, 2.45) is 0 Å². The summed E-state index contributed by atoms with van der Waals surface area (Å²) in [4.78, 5) is 35.4. The highest BCUT2D eigenvalue weighted by Gasteiger charge is 2.10. The second-order valence-electron chi connectivity index (χ2n) is 6.12. The molecule has 3 aromatic heterocycles. The lowest BCUT2D eigenvalue weighted by atomic mass is 10.1. The Bertz CT molecular complexity index is 1180. The maximum Gasteiger partial charge on any atom is 0.251 e. The first-order chi connectivity index (χ1) is 13.1. The molecular weight excluding hydrogens is 344 g/mol. The second-order valence-corrected chi connectivity index (χ2v) is 6.12. The summed E-state index contributed by atoms with van der Waals surface area (Å²) in [5.41, 5.74) is 2.13. The molecule has 0 fully saturated rings. The van der Waals surface area contributed by atoms with Crippen molar-refractivity contribution in [2.45, 2.75) is 13.5 Å². The number of hydrogen-bond acceptors (Lipinski definition) is 5. The average Bonchev–Trinajstić information content (AvgIpc) is 3.05. The quantitative estimate of drug-likeness (QED) is 0.583. The van der Waals surface area contributed by atoms with Crippen LogP contribution < -0.4 is 10.9 Å². The van der Waals surface area contributed by atoms with Crippen LogP contribution in [0.5, 0.6) is 0 Å². The van der Waals surface area contributed by atoms with Gasteiger partial charge in [-0.2, -0.15) is 0 Å². The minimum absolute atomic E-state index is 0.137. The fourth-order valence-corrected chi connectivity index (χ4v) is 2.83. The number of pyridine rings is 1. The van der Waals surface area contributed by atoms with Crippen molar-refractivity contribution in [3.63, 3.8) is 0 Å². The van der Waals surface area contributed by atoms with Crippen LogP contribution in [0.15, 0.2) is 64.1 Å². The van der Waals surface area contributed by atoms with Gasteiger partial charge in [0, 0.05) is 35.0 Å². The van der Waals surface area contributed by atoms with Crippen molar-refractivity contribution in [2.75, 3.05) is 0 Å².